The molecular formula is C15H20N2O. The molecule has 0 saturated carbocycles. The van der Waals surface area contributed by atoms with Crippen molar-refractivity contribution in [2.75, 3.05) is 25.0 Å². The second kappa shape index (κ2) is 5.71. The molecule has 1 aromatic carbocycles. The Morgan fingerprint density at radius 3 is 3.11 bits per heavy atom. The van der Waals surface area contributed by atoms with Gasteiger partial charge in [0.05, 0.1) is 0 Å². The summed E-state index contributed by atoms with van der Waals surface area (Å²) in [7, 11) is 0. The van der Waals surface area contributed by atoms with Gasteiger partial charge in [-0.2, -0.15) is 0 Å². The van der Waals surface area contributed by atoms with Crippen LogP contribution in [0.4, 0.5) is 5.69 Å². The lowest BCUT2D eigenvalue weighted by atomic mass is 10.1. The number of carbonyl (C=O) groups is 1. The van der Waals surface area contributed by atoms with Crippen molar-refractivity contribution in [1.82, 2.24) is 4.90 Å². The zero-order valence-electron chi connectivity index (χ0n) is 10.9. The zero-order valence-corrected chi connectivity index (χ0v) is 10.9. The molecule has 0 bridgehead atoms. The van der Waals surface area contributed by atoms with Crippen molar-refractivity contribution in [2.24, 2.45) is 0 Å². The summed E-state index contributed by atoms with van der Waals surface area (Å²) in [6, 6.07) is 5.96. The molecular weight excluding hydrogens is 224 g/mol. The monoisotopic (exact) mass is 244 g/mol. The topological polar surface area (TPSA) is 32.3 Å². The van der Waals surface area contributed by atoms with E-state index in [-0.39, 0.29) is 5.91 Å². The number of carbonyl (C=O) groups excluding carboxylic acids is 1. The molecule has 1 N–H and O–H groups in total. The Morgan fingerprint density at radius 1 is 1.56 bits per heavy atom. The van der Waals surface area contributed by atoms with Crippen LogP contribution in [0.1, 0.15) is 29.3 Å². The summed E-state index contributed by atoms with van der Waals surface area (Å²) in [5.41, 5.74) is 3.17. The molecule has 18 heavy (non-hydrogen) atoms. The van der Waals surface area contributed by atoms with E-state index in [1.165, 1.54) is 5.56 Å². The smallest absolute Gasteiger partial charge is 0.254 e. The largest absolute Gasteiger partial charge is 0.384 e. The number of benzene rings is 1. The van der Waals surface area contributed by atoms with Crippen LogP contribution in [0, 0.1) is 0 Å². The quantitative estimate of drug-likeness (QED) is 0.808. The average molecular weight is 244 g/mol. The van der Waals surface area contributed by atoms with Crippen LogP contribution in [0.5, 0.6) is 0 Å². The molecule has 0 atom stereocenters. The van der Waals surface area contributed by atoms with Crippen LogP contribution in [-0.4, -0.2) is 30.4 Å². The van der Waals surface area contributed by atoms with Crippen LogP contribution < -0.4 is 5.32 Å². The summed E-state index contributed by atoms with van der Waals surface area (Å²) >= 11 is 0. The number of rotatable bonds is 5. The van der Waals surface area contributed by atoms with Crippen molar-refractivity contribution in [3.8, 4) is 0 Å². The molecule has 1 heterocycles. The van der Waals surface area contributed by atoms with Gasteiger partial charge in [0.15, 0.2) is 0 Å². The van der Waals surface area contributed by atoms with Crippen LogP contribution in [0.15, 0.2) is 30.9 Å². The lowest BCUT2D eigenvalue weighted by Crippen LogP contribution is -2.31. The van der Waals surface area contributed by atoms with E-state index >= 15 is 0 Å². The highest BCUT2D eigenvalue weighted by Crippen LogP contribution is 2.23. The molecule has 1 amide bonds. The molecule has 0 spiro atoms. The Balaban J connectivity index is 2.18. The van der Waals surface area contributed by atoms with E-state index in [1.807, 2.05) is 17.0 Å². The Bertz CT molecular complexity index is 454. The molecule has 96 valence electrons. The van der Waals surface area contributed by atoms with Crippen molar-refractivity contribution in [1.29, 1.82) is 0 Å². The first-order chi connectivity index (χ1) is 8.76. The van der Waals surface area contributed by atoms with Gasteiger partial charge in [0, 0.05) is 30.9 Å². The fourth-order valence-electron chi connectivity index (χ4n) is 2.31. The van der Waals surface area contributed by atoms with Crippen LogP contribution in [0.3, 0.4) is 0 Å². The van der Waals surface area contributed by atoms with E-state index in [0.29, 0.717) is 6.54 Å². The number of hydrogen-bond acceptors (Lipinski definition) is 2. The predicted molar refractivity (Wildman–Crippen MR) is 75.0 cm³/mol. The molecule has 0 aromatic heterocycles. The minimum Gasteiger partial charge on any atom is -0.384 e. The predicted octanol–water partition coefficient (Wildman–Crippen LogP) is 2.69. The number of anilines is 1. The Labute approximate surface area is 108 Å². The Morgan fingerprint density at radius 2 is 2.39 bits per heavy atom. The fourth-order valence-corrected chi connectivity index (χ4v) is 2.31. The van der Waals surface area contributed by atoms with Gasteiger partial charge >= 0.3 is 0 Å². The van der Waals surface area contributed by atoms with Gasteiger partial charge in [-0.15, -0.1) is 6.58 Å². The van der Waals surface area contributed by atoms with Crippen molar-refractivity contribution in [2.45, 2.75) is 19.8 Å². The third-order valence-electron chi connectivity index (χ3n) is 3.20. The van der Waals surface area contributed by atoms with E-state index in [2.05, 4.69) is 24.9 Å². The highest BCUT2D eigenvalue weighted by atomic mass is 16.2. The van der Waals surface area contributed by atoms with Gasteiger partial charge in [0.2, 0.25) is 0 Å². The molecule has 0 radical (unpaired) electrons. The number of amides is 1. The van der Waals surface area contributed by atoms with Gasteiger partial charge in [-0.05, 0) is 30.5 Å². The van der Waals surface area contributed by atoms with Gasteiger partial charge < -0.3 is 10.2 Å². The number of nitrogens with one attached hydrogen (secondary N) is 1. The third kappa shape index (κ3) is 2.55. The van der Waals surface area contributed by atoms with E-state index in [4.69, 9.17) is 0 Å². The summed E-state index contributed by atoms with van der Waals surface area (Å²) in [6.07, 6.45) is 3.79. The van der Waals surface area contributed by atoms with Gasteiger partial charge in [0.25, 0.3) is 5.91 Å². The van der Waals surface area contributed by atoms with E-state index in [1.54, 1.807) is 6.08 Å². The summed E-state index contributed by atoms with van der Waals surface area (Å²) in [5, 5.41) is 3.31. The molecule has 1 aliphatic rings. The van der Waals surface area contributed by atoms with Crippen molar-refractivity contribution in [3.63, 3.8) is 0 Å². The van der Waals surface area contributed by atoms with Crippen LogP contribution in [0.2, 0.25) is 0 Å². The van der Waals surface area contributed by atoms with Gasteiger partial charge in [-0.25, -0.2) is 0 Å². The molecule has 3 nitrogen and oxygen atoms in total. The van der Waals surface area contributed by atoms with E-state index in [9.17, 15) is 4.79 Å². The normalized spacial score (nSPS) is 12.7. The first-order valence-corrected chi connectivity index (χ1v) is 6.53. The Hall–Kier alpha value is -1.77. The third-order valence-corrected chi connectivity index (χ3v) is 3.20. The zero-order chi connectivity index (χ0) is 13.0. The summed E-state index contributed by atoms with van der Waals surface area (Å²) in [6.45, 7) is 8.14. The molecule has 0 unspecified atom stereocenters. The second-order valence-corrected chi connectivity index (χ2v) is 4.59. The first kappa shape index (κ1) is 12.7. The lowest BCUT2D eigenvalue weighted by Gasteiger charge is -2.20. The maximum absolute atomic E-state index is 12.4. The second-order valence-electron chi connectivity index (χ2n) is 4.59. The first-order valence-electron chi connectivity index (χ1n) is 6.53. The number of hydrogen-bond donors (Lipinski definition) is 1. The number of fused-ring (bicyclic) bond motifs is 1. The molecule has 2 rings (SSSR count). The Kier molecular flexibility index (Phi) is 4.03. The van der Waals surface area contributed by atoms with Crippen molar-refractivity contribution < 1.29 is 4.79 Å². The molecule has 1 aliphatic heterocycles. The summed E-state index contributed by atoms with van der Waals surface area (Å²) < 4.78 is 0. The minimum absolute atomic E-state index is 0.0910. The summed E-state index contributed by atoms with van der Waals surface area (Å²) in [5.74, 6) is 0.0910. The van der Waals surface area contributed by atoms with Crippen molar-refractivity contribution in [3.05, 3.63) is 42.0 Å². The van der Waals surface area contributed by atoms with Gasteiger partial charge in [0.1, 0.15) is 0 Å². The van der Waals surface area contributed by atoms with Gasteiger partial charge in [-0.3, -0.25) is 4.79 Å². The van der Waals surface area contributed by atoms with Gasteiger partial charge in [-0.1, -0.05) is 19.1 Å². The summed E-state index contributed by atoms with van der Waals surface area (Å²) in [4.78, 5) is 14.2. The highest BCUT2D eigenvalue weighted by molar-refractivity contribution is 5.95. The maximum Gasteiger partial charge on any atom is 0.254 e. The fraction of sp³-hybridized carbons (Fsp3) is 0.400. The van der Waals surface area contributed by atoms with Crippen LogP contribution in [0.25, 0.3) is 0 Å². The molecule has 0 aliphatic carbocycles. The maximum atomic E-state index is 12.4. The standard InChI is InChI=1S/C15H20N2O/c1-3-9-17(10-4-2)15(18)13-6-5-12-7-8-16-14(12)11-13/h3,5-6,11,16H,1,4,7-10H2,2H3. The molecule has 3 heteroatoms. The van der Waals surface area contributed by atoms with Crippen LogP contribution >= 0.6 is 0 Å². The van der Waals surface area contributed by atoms with E-state index in [0.717, 1.165) is 37.2 Å². The van der Waals surface area contributed by atoms with E-state index < -0.39 is 0 Å². The SMILES string of the molecule is C=CCN(CCC)C(=O)c1ccc2c(c1)NCC2. The minimum atomic E-state index is 0.0910. The lowest BCUT2D eigenvalue weighted by molar-refractivity contribution is 0.0774. The van der Waals surface area contributed by atoms with Crippen molar-refractivity contribution >= 4 is 11.6 Å². The molecule has 0 fully saturated rings. The number of nitrogens with zero attached hydrogens (tertiary/aromatic N) is 1. The highest BCUT2D eigenvalue weighted by Gasteiger charge is 2.17. The average Bonchev–Trinajstić information content (AvgIpc) is 2.84. The van der Waals surface area contributed by atoms with Crippen LogP contribution in [-0.2, 0) is 6.42 Å². The molecule has 1 aromatic rings. The molecule has 0 saturated heterocycles.